The van der Waals surface area contributed by atoms with Crippen LogP contribution in [0.4, 0.5) is 0 Å². The Hall–Kier alpha value is -1.88. The van der Waals surface area contributed by atoms with Gasteiger partial charge in [-0.25, -0.2) is 4.98 Å². The third kappa shape index (κ3) is 3.85. The number of carbonyl (C=O) groups is 1. The van der Waals surface area contributed by atoms with Crippen LogP contribution in [0.3, 0.4) is 0 Å². The molecule has 1 aromatic carbocycles. The minimum Gasteiger partial charge on any atom is -0.337 e. The zero-order valence-corrected chi connectivity index (χ0v) is 13.2. The molecule has 0 spiro atoms. The number of hydrogen-bond acceptors (Lipinski definition) is 4. The molecule has 1 saturated heterocycles. The predicted molar refractivity (Wildman–Crippen MR) is 87.8 cm³/mol. The van der Waals surface area contributed by atoms with Crippen LogP contribution in [-0.4, -0.2) is 39.6 Å². The number of benzene rings is 1. The maximum atomic E-state index is 12.4. The van der Waals surface area contributed by atoms with E-state index in [4.69, 9.17) is 0 Å². The van der Waals surface area contributed by atoms with Gasteiger partial charge in [-0.1, -0.05) is 18.2 Å². The Bertz CT molecular complexity index is 606. The number of piperidine rings is 1. The van der Waals surface area contributed by atoms with Gasteiger partial charge in [0.1, 0.15) is 5.69 Å². The summed E-state index contributed by atoms with van der Waals surface area (Å²) in [4.78, 5) is 23.7. The monoisotopic (exact) mass is 313 g/mol. The Kier molecular flexibility index (Phi) is 5.06. The summed E-state index contributed by atoms with van der Waals surface area (Å²) in [5.41, 5.74) is 0.443. The van der Waals surface area contributed by atoms with Gasteiger partial charge in [0, 0.05) is 36.1 Å². The van der Waals surface area contributed by atoms with Crippen LogP contribution < -0.4 is 0 Å². The fraction of sp³-hybridized carbons (Fsp3) is 0.353. The molecule has 1 aromatic heterocycles. The second kappa shape index (κ2) is 7.40. The second-order valence-electron chi connectivity index (χ2n) is 5.47. The molecule has 1 amide bonds. The summed E-state index contributed by atoms with van der Waals surface area (Å²) in [6, 6.07) is 10.4. The molecule has 1 atom stereocenters. The highest BCUT2D eigenvalue weighted by molar-refractivity contribution is 7.99. The average molecular weight is 313 g/mol. The van der Waals surface area contributed by atoms with Crippen LogP contribution in [0.1, 0.15) is 23.3 Å². The molecule has 1 aliphatic heterocycles. The third-order valence-corrected chi connectivity index (χ3v) is 5.06. The van der Waals surface area contributed by atoms with Crippen LogP contribution in [0.5, 0.6) is 0 Å². The van der Waals surface area contributed by atoms with Gasteiger partial charge in [0.25, 0.3) is 5.91 Å². The van der Waals surface area contributed by atoms with Crippen molar-refractivity contribution in [3.63, 3.8) is 0 Å². The van der Waals surface area contributed by atoms with E-state index in [2.05, 4.69) is 34.2 Å². The van der Waals surface area contributed by atoms with Crippen LogP contribution in [0.2, 0.25) is 0 Å². The topological polar surface area (TPSA) is 46.1 Å². The van der Waals surface area contributed by atoms with E-state index in [1.54, 1.807) is 18.6 Å². The Balaban J connectivity index is 1.56. The van der Waals surface area contributed by atoms with Crippen molar-refractivity contribution < 1.29 is 4.79 Å². The van der Waals surface area contributed by atoms with Gasteiger partial charge in [-0.3, -0.25) is 9.78 Å². The molecular weight excluding hydrogens is 294 g/mol. The highest BCUT2D eigenvalue weighted by Crippen LogP contribution is 2.26. The summed E-state index contributed by atoms with van der Waals surface area (Å²) >= 11 is 1.87. The van der Waals surface area contributed by atoms with Gasteiger partial charge in [-0.05, 0) is 30.9 Å². The summed E-state index contributed by atoms with van der Waals surface area (Å²) in [6.45, 7) is 1.64. The van der Waals surface area contributed by atoms with Crippen LogP contribution in [0, 0.1) is 5.92 Å². The minimum absolute atomic E-state index is 0.00233. The third-order valence-electron chi connectivity index (χ3n) is 3.82. The summed E-state index contributed by atoms with van der Waals surface area (Å²) < 4.78 is 0. The van der Waals surface area contributed by atoms with E-state index in [1.165, 1.54) is 11.3 Å². The summed E-state index contributed by atoms with van der Waals surface area (Å²) in [7, 11) is 0. The van der Waals surface area contributed by atoms with Gasteiger partial charge in [-0.2, -0.15) is 0 Å². The molecule has 0 saturated carbocycles. The first-order valence-corrected chi connectivity index (χ1v) is 8.54. The van der Waals surface area contributed by atoms with Crippen molar-refractivity contribution in [3.05, 3.63) is 54.6 Å². The maximum Gasteiger partial charge on any atom is 0.274 e. The Labute approximate surface area is 135 Å². The van der Waals surface area contributed by atoms with Crippen molar-refractivity contribution in [2.75, 3.05) is 18.8 Å². The lowest BCUT2D eigenvalue weighted by atomic mass is 10.00. The number of aromatic nitrogens is 2. The summed E-state index contributed by atoms with van der Waals surface area (Å²) in [5.74, 6) is 1.59. The molecule has 3 rings (SSSR count). The largest absolute Gasteiger partial charge is 0.337 e. The van der Waals surface area contributed by atoms with Crippen molar-refractivity contribution in [2.24, 2.45) is 5.92 Å². The van der Waals surface area contributed by atoms with E-state index >= 15 is 0 Å². The van der Waals surface area contributed by atoms with Crippen LogP contribution in [-0.2, 0) is 0 Å². The molecule has 22 heavy (non-hydrogen) atoms. The van der Waals surface area contributed by atoms with E-state index < -0.39 is 0 Å². The molecule has 1 aliphatic rings. The van der Waals surface area contributed by atoms with Crippen LogP contribution in [0.25, 0.3) is 0 Å². The van der Waals surface area contributed by atoms with Crippen molar-refractivity contribution >= 4 is 17.7 Å². The fourth-order valence-corrected chi connectivity index (χ4v) is 3.74. The Morgan fingerprint density at radius 2 is 2.14 bits per heavy atom. The molecule has 114 valence electrons. The lowest BCUT2D eigenvalue weighted by molar-refractivity contribution is 0.0679. The Morgan fingerprint density at radius 1 is 1.27 bits per heavy atom. The SMILES string of the molecule is O=C(c1cnccn1)N1CCCC(CSc2ccccc2)C1. The van der Waals surface area contributed by atoms with Gasteiger partial charge in [-0.15, -0.1) is 11.8 Å². The van der Waals surface area contributed by atoms with E-state index in [0.717, 1.165) is 25.3 Å². The first kappa shape index (κ1) is 15.0. The fourth-order valence-electron chi connectivity index (χ4n) is 2.69. The van der Waals surface area contributed by atoms with Crippen molar-refractivity contribution in [2.45, 2.75) is 17.7 Å². The second-order valence-corrected chi connectivity index (χ2v) is 6.57. The molecule has 5 heteroatoms. The van der Waals surface area contributed by atoms with Crippen molar-refractivity contribution in [1.29, 1.82) is 0 Å². The molecular formula is C17H19N3OS. The van der Waals surface area contributed by atoms with Gasteiger partial charge in [0.05, 0.1) is 6.20 Å². The van der Waals surface area contributed by atoms with E-state index in [9.17, 15) is 4.79 Å². The summed E-state index contributed by atoms with van der Waals surface area (Å²) in [5, 5.41) is 0. The molecule has 0 bridgehead atoms. The van der Waals surface area contributed by atoms with Crippen LogP contribution >= 0.6 is 11.8 Å². The average Bonchev–Trinajstić information content (AvgIpc) is 2.61. The lowest BCUT2D eigenvalue weighted by Crippen LogP contribution is -2.41. The molecule has 0 aliphatic carbocycles. The number of nitrogens with zero attached hydrogens (tertiary/aromatic N) is 3. The van der Waals surface area contributed by atoms with Crippen LogP contribution in [0.15, 0.2) is 53.8 Å². The molecule has 2 heterocycles. The molecule has 0 radical (unpaired) electrons. The normalized spacial score (nSPS) is 18.2. The standard InChI is InChI=1S/C17H19N3OS/c21-17(16-11-18-8-9-19-16)20-10-4-5-14(12-20)13-22-15-6-2-1-3-7-15/h1-3,6-9,11,14H,4-5,10,12-13H2. The number of amides is 1. The highest BCUT2D eigenvalue weighted by Gasteiger charge is 2.25. The van der Waals surface area contributed by atoms with E-state index in [0.29, 0.717) is 11.6 Å². The van der Waals surface area contributed by atoms with Crippen molar-refractivity contribution in [1.82, 2.24) is 14.9 Å². The Morgan fingerprint density at radius 3 is 2.91 bits per heavy atom. The minimum atomic E-state index is 0.00233. The van der Waals surface area contributed by atoms with E-state index in [-0.39, 0.29) is 5.91 Å². The smallest absolute Gasteiger partial charge is 0.274 e. The molecule has 1 unspecified atom stereocenters. The number of rotatable bonds is 4. The van der Waals surface area contributed by atoms with Gasteiger partial charge >= 0.3 is 0 Å². The highest BCUT2D eigenvalue weighted by atomic mass is 32.2. The van der Waals surface area contributed by atoms with Gasteiger partial charge < -0.3 is 4.90 Å². The molecule has 0 N–H and O–H groups in total. The van der Waals surface area contributed by atoms with Gasteiger partial charge in [0.15, 0.2) is 0 Å². The van der Waals surface area contributed by atoms with Gasteiger partial charge in [0.2, 0.25) is 0 Å². The quantitative estimate of drug-likeness (QED) is 0.814. The number of hydrogen-bond donors (Lipinski definition) is 0. The van der Waals surface area contributed by atoms with E-state index in [1.807, 2.05) is 22.7 Å². The number of thioether (sulfide) groups is 1. The first-order chi connectivity index (χ1) is 10.8. The zero-order valence-electron chi connectivity index (χ0n) is 12.4. The number of carbonyl (C=O) groups excluding carboxylic acids is 1. The molecule has 1 fully saturated rings. The first-order valence-electron chi connectivity index (χ1n) is 7.56. The van der Waals surface area contributed by atoms with Crippen molar-refractivity contribution in [3.8, 4) is 0 Å². The molecule has 4 nitrogen and oxygen atoms in total. The number of likely N-dealkylation sites (tertiary alicyclic amines) is 1. The predicted octanol–water partition coefficient (Wildman–Crippen LogP) is 3.12. The maximum absolute atomic E-state index is 12.4. The zero-order chi connectivity index (χ0) is 15.2. The lowest BCUT2D eigenvalue weighted by Gasteiger charge is -2.32. The molecule has 2 aromatic rings. The summed E-state index contributed by atoms with van der Waals surface area (Å²) in [6.07, 6.45) is 6.95.